The zero-order chi connectivity index (χ0) is 10.8. The second-order valence-electron chi connectivity index (χ2n) is 3.85. The molecule has 0 spiro atoms. The third kappa shape index (κ3) is 1.94. The van der Waals surface area contributed by atoms with E-state index < -0.39 is 0 Å². The van der Waals surface area contributed by atoms with Crippen LogP contribution in [0, 0.1) is 13.8 Å². The number of hydrogen-bond donors (Lipinski definition) is 0. The minimum Gasteiger partial charge on any atom is -0.489 e. The van der Waals surface area contributed by atoms with Crippen LogP contribution in [0.25, 0.3) is 0 Å². The van der Waals surface area contributed by atoms with Crippen LogP contribution in [-0.2, 0) is 4.74 Å². The number of aryl methyl sites for hydroxylation is 2. The van der Waals surface area contributed by atoms with Crippen LogP contribution in [0.1, 0.15) is 27.9 Å². The zero-order valence-corrected chi connectivity index (χ0v) is 9.04. The molecular weight excluding hydrogens is 188 g/mol. The fourth-order valence-electron chi connectivity index (χ4n) is 1.69. The summed E-state index contributed by atoms with van der Waals surface area (Å²) in [5, 5.41) is 0. The van der Waals surface area contributed by atoms with Crippen LogP contribution >= 0.6 is 0 Å². The van der Waals surface area contributed by atoms with E-state index in [-0.39, 0.29) is 5.78 Å². The number of carbonyl (C=O) groups excluding carboxylic acids is 1. The zero-order valence-electron chi connectivity index (χ0n) is 9.04. The molecule has 2 rings (SSSR count). The third-order valence-electron chi connectivity index (χ3n) is 2.57. The lowest BCUT2D eigenvalue weighted by atomic mass is 10.0. The van der Waals surface area contributed by atoms with Crippen LogP contribution in [-0.4, -0.2) is 12.4 Å². The van der Waals surface area contributed by atoms with Gasteiger partial charge in [-0.2, -0.15) is 0 Å². The number of ketones is 1. The molecule has 0 aliphatic carbocycles. The summed E-state index contributed by atoms with van der Waals surface area (Å²) >= 11 is 0. The average Bonchev–Trinajstić information content (AvgIpc) is 2.74. The second kappa shape index (κ2) is 3.89. The molecule has 1 aliphatic heterocycles. The Balaban J connectivity index is 2.36. The molecule has 0 N–H and O–H groups in total. The predicted molar refractivity (Wildman–Crippen MR) is 58.9 cm³/mol. The van der Waals surface area contributed by atoms with Gasteiger partial charge in [0.25, 0.3) is 0 Å². The smallest absolute Gasteiger partial charge is 0.227 e. The lowest BCUT2D eigenvalue weighted by Crippen LogP contribution is -2.06. The van der Waals surface area contributed by atoms with E-state index in [1.165, 1.54) is 0 Å². The Morgan fingerprint density at radius 2 is 2.13 bits per heavy atom. The van der Waals surface area contributed by atoms with Crippen molar-refractivity contribution in [2.75, 3.05) is 6.61 Å². The van der Waals surface area contributed by atoms with Crippen molar-refractivity contribution in [3.8, 4) is 0 Å². The molecule has 0 saturated carbocycles. The van der Waals surface area contributed by atoms with Gasteiger partial charge in [-0.15, -0.1) is 0 Å². The molecule has 0 saturated heterocycles. The van der Waals surface area contributed by atoms with Crippen LogP contribution < -0.4 is 0 Å². The van der Waals surface area contributed by atoms with Crippen LogP contribution in [0.4, 0.5) is 0 Å². The van der Waals surface area contributed by atoms with E-state index in [1.54, 1.807) is 0 Å². The Labute approximate surface area is 89.6 Å². The van der Waals surface area contributed by atoms with Gasteiger partial charge in [-0.05, 0) is 31.6 Å². The molecule has 0 radical (unpaired) electrons. The van der Waals surface area contributed by atoms with E-state index in [1.807, 2.05) is 38.1 Å². The first kappa shape index (κ1) is 9.97. The number of rotatable bonds is 2. The van der Waals surface area contributed by atoms with Gasteiger partial charge in [-0.1, -0.05) is 17.7 Å². The molecule has 1 aromatic rings. The van der Waals surface area contributed by atoms with Gasteiger partial charge in [0.05, 0.1) is 6.61 Å². The quantitative estimate of drug-likeness (QED) is 0.689. The van der Waals surface area contributed by atoms with Crippen molar-refractivity contribution < 1.29 is 9.53 Å². The maximum Gasteiger partial charge on any atom is 0.227 e. The van der Waals surface area contributed by atoms with Crippen molar-refractivity contribution >= 4 is 5.78 Å². The molecule has 0 bridgehead atoms. The van der Waals surface area contributed by atoms with Gasteiger partial charge in [0, 0.05) is 12.0 Å². The molecule has 0 fully saturated rings. The number of allylic oxidation sites excluding steroid dienone is 1. The van der Waals surface area contributed by atoms with Gasteiger partial charge >= 0.3 is 0 Å². The summed E-state index contributed by atoms with van der Waals surface area (Å²) in [6.45, 7) is 4.56. The van der Waals surface area contributed by atoms with E-state index in [0.29, 0.717) is 12.4 Å². The number of hydrogen-bond acceptors (Lipinski definition) is 2. The van der Waals surface area contributed by atoms with E-state index in [4.69, 9.17) is 4.74 Å². The Morgan fingerprint density at radius 3 is 2.80 bits per heavy atom. The van der Waals surface area contributed by atoms with Crippen molar-refractivity contribution in [2.24, 2.45) is 0 Å². The summed E-state index contributed by atoms with van der Waals surface area (Å²) < 4.78 is 5.28. The van der Waals surface area contributed by atoms with Gasteiger partial charge in [-0.25, -0.2) is 0 Å². The molecule has 0 aromatic heterocycles. The summed E-state index contributed by atoms with van der Waals surface area (Å²) in [6.07, 6.45) is 2.70. The fraction of sp³-hybridized carbons (Fsp3) is 0.308. The third-order valence-corrected chi connectivity index (χ3v) is 2.57. The van der Waals surface area contributed by atoms with Gasteiger partial charge in [0.15, 0.2) is 5.76 Å². The first-order valence-corrected chi connectivity index (χ1v) is 5.13. The molecule has 0 unspecified atom stereocenters. The molecule has 15 heavy (non-hydrogen) atoms. The summed E-state index contributed by atoms with van der Waals surface area (Å²) in [5.74, 6) is 0.511. The molecular formula is C13H14O2. The largest absolute Gasteiger partial charge is 0.489 e. The van der Waals surface area contributed by atoms with Crippen molar-refractivity contribution in [1.82, 2.24) is 0 Å². The molecule has 1 aromatic carbocycles. The van der Waals surface area contributed by atoms with Gasteiger partial charge < -0.3 is 4.74 Å². The van der Waals surface area contributed by atoms with E-state index in [9.17, 15) is 4.79 Å². The fourth-order valence-corrected chi connectivity index (χ4v) is 1.69. The molecule has 2 heteroatoms. The number of benzene rings is 1. The molecule has 1 aliphatic rings. The lowest BCUT2D eigenvalue weighted by Gasteiger charge is -2.07. The summed E-state index contributed by atoms with van der Waals surface area (Å²) in [5.41, 5.74) is 2.85. The standard InChI is InChI=1S/C13H14O2/c1-9-5-6-10(2)11(8-9)13(14)12-4-3-7-15-12/h4-6,8H,3,7H2,1-2H3. The molecule has 2 nitrogen and oxygen atoms in total. The van der Waals surface area contributed by atoms with Gasteiger partial charge in [0.1, 0.15) is 0 Å². The lowest BCUT2D eigenvalue weighted by molar-refractivity contribution is 0.0941. The highest BCUT2D eigenvalue weighted by Crippen LogP contribution is 2.19. The Hall–Kier alpha value is -1.57. The molecule has 0 atom stereocenters. The van der Waals surface area contributed by atoms with Crippen LogP contribution in [0.5, 0.6) is 0 Å². The maximum absolute atomic E-state index is 12.0. The van der Waals surface area contributed by atoms with Gasteiger partial charge in [0.2, 0.25) is 5.78 Å². The maximum atomic E-state index is 12.0. The molecule has 0 amide bonds. The first-order chi connectivity index (χ1) is 7.18. The normalized spacial score (nSPS) is 14.7. The van der Waals surface area contributed by atoms with Crippen LogP contribution in [0.15, 0.2) is 30.0 Å². The van der Waals surface area contributed by atoms with E-state index in [0.717, 1.165) is 23.1 Å². The van der Waals surface area contributed by atoms with E-state index in [2.05, 4.69) is 0 Å². The Kier molecular flexibility index (Phi) is 2.58. The molecule has 78 valence electrons. The van der Waals surface area contributed by atoms with Crippen LogP contribution in [0.2, 0.25) is 0 Å². The van der Waals surface area contributed by atoms with Crippen molar-refractivity contribution in [3.63, 3.8) is 0 Å². The molecule has 1 heterocycles. The summed E-state index contributed by atoms with van der Waals surface area (Å²) in [7, 11) is 0. The predicted octanol–water partition coefficient (Wildman–Crippen LogP) is 2.79. The highest BCUT2D eigenvalue weighted by molar-refractivity contribution is 6.08. The monoisotopic (exact) mass is 202 g/mol. The van der Waals surface area contributed by atoms with Crippen LogP contribution in [0.3, 0.4) is 0 Å². The highest BCUT2D eigenvalue weighted by Gasteiger charge is 2.18. The summed E-state index contributed by atoms with van der Waals surface area (Å²) in [4.78, 5) is 12.0. The topological polar surface area (TPSA) is 26.3 Å². The number of carbonyl (C=O) groups is 1. The van der Waals surface area contributed by atoms with Gasteiger partial charge in [-0.3, -0.25) is 4.79 Å². The Morgan fingerprint density at radius 1 is 1.33 bits per heavy atom. The number of Topliss-reactive ketones (excluding diaryl/α,β-unsaturated/α-hetero) is 1. The minimum atomic E-state index is 0.00806. The van der Waals surface area contributed by atoms with Crippen molar-refractivity contribution in [2.45, 2.75) is 20.3 Å². The van der Waals surface area contributed by atoms with E-state index >= 15 is 0 Å². The van der Waals surface area contributed by atoms with Crippen molar-refractivity contribution in [3.05, 3.63) is 46.7 Å². The second-order valence-corrected chi connectivity index (χ2v) is 3.85. The Bertz CT molecular complexity index is 430. The minimum absolute atomic E-state index is 0.00806. The number of ether oxygens (including phenoxy) is 1. The average molecular weight is 202 g/mol. The SMILES string of the molecule is Cc1ccc(C)c(C(=O)C2=CCCO2)c1. The van der Waals surface area contributed by atoms with Crippen molar-refractivity contribution in [1.29, 1.82) is 0 Å². The highest BCUT2D eigenvalue weighted by atomic mass is 16.5. The first-order valence-electron chi connectivity index (χ1n) is 5.13. The summed E-state index contributed by atoms with van der Waals surface area (Å²) in [6, 6.07) is 5.90.